The summed E-state index contributed by atoms with van der Waals surface area (Å²) in [5.41, 5.74) is 1.84. The first-order valence-electron chi connectivity index (χ1n) is 5.59. The molecule has 0 fully saturated rings. The summed E-state index contributed by atoms with van der Waals surface area (Å²) < 4.78 is 6.71. The lowest BCUT2D eigenvalue weighted by Gasteiger charge is -2.09. The minimum absolute atomic E-state index is 0.459. The molecule has 0 radical (unpaired) electrons. The van der Waals surface area contributed by atoms with Crippen molar-refractivity contribution in [1.29, 1.82) is 0 Å². The van der Waals surface area contributed by atoms with E-state index in [1.54, 1.807) is 0 Å². The summed E-state index contributed by atoms with van der Waals surface area (Å²) in [6.45, 7) is 4.24. The van der Waals surface area contributed by atoms with E-state index in [9.17, 15) is 0 Å². The molecule has 0 bridgehead atoms. The fourth-order valence-electron chi connectivity index (χ4n) is 1.67. The van der Waals surface area contributed by atoms with Crippen LogP contribution in [0.5, 0.6) is 5.75 Å². The van der Waals surface area contributed by atoms with Gasteiger partial charge in [-0.3, -0.25) is 4.98 Å². The normalized spacial score (nSPS) is 11.9. The summed E-state index contributed by atoms with van der Waals surface area (Å²) in [4.78, 5) is 4.51. The van der Waals surface area contributed by atoms with Crippen molar-refractivity contribution < 1.29 is 4.74 Å². The van der Waals surface area contributed by atoms with Crippen LogP contribution in [0, 0.1) is 6.92 Å². The fourth-order valence-corrected chi connectivity index (χ4v) is 2.19. The largest absolute Gasteiger partial charge is 0.489 e. The zero-order valence-electron chi connectivity index (χ0n) is 10.2. The van der Waals surface area contributed by atoms with Gasteiger partial charge in [-0.2, -0.15) is 0 Å². The Morgan fingerprint density at radius 2 is 2.28 bits per heavy atom. The lowest BCUT2D eigenvalue weighted by atomic mass is 10.2. The van der Waals surface area contributed by atoms with Crippen LogP contribution in [0.15, 0.2) is 39.8 Å². The Kier molecular flexibility index (Phi) is 4.25. The molecule has 2 rings (SSSR count). The number of halogens is 2. The SMILES string of the molecule is CC(Cl)=CCOc1cc(C)nc2c(Br)cccc12. The number of hydrogen-bond donors (Lipinski definition) is 0. The Morgan fingerprint density at radius 3 is 3.00 bits per heavy atom. The number of para-hydroxylation sites is 1. The third kappa shape index (κ3) is 3.03. The molecule has 1 heterocycles. The maximum Gasteiger partial charge on any atom is 0.131 e. The van der Waals surface area contributed by atoms with E-state index in [1.165, 1.54) is 0 Å². The topological polar surface area (TPSA) is 22.1 Å². The number of allylic oxidation sites excluding steroid dienone is 1. The predicted molar refractivity (Wildman–Crippen MR) is 79.3 cm³/mol. The Bertz CT molecular complexity index is 606. The molecule has 0 saturated heterocycles. The van der Waals surface area contributed by atoms with Gasteiger partial charge in [0.2, 0.25) is 0 Å². The number of fused-ring (bicyclic) bond motifs is 1. The van der Waals surface area contributed by atoms with E-state index >= 15 is 0 Å². The van der Waals surface area contributed by atoms with Crippen LogP contribution in [0.4, 0.5) is 0 Å². The highest BCUT2D eigenvalue weighted by Gasteiger charge is 2.07. The first-order chi connectivity index (χ1) is 8.58. The van der Waals surface area contributed by atoms with Crippen LogP contribution in [0.3, 0.4) is 0 Å². The molecule has 0 aliphatic heterocycles. The second-order valence-corrected chi connectivity index (χ2v) is 5.45. The molecule has 0 amide bonds. The molecule has 18 heavy (non-hydrogen) atoms. The van der Waals surface area contributed by atoms with Gasteiger partial charge in [0, 0.05) is 26.7 Å². The molecule has 2 aromatic rings. The second-order valence-electron chi connectivity index (χ2n) is 4.00. The number of pyridine rings is 1. The lowest BCUT2D eigenvalue weighted by molar-refractivity contribution is 0.366. The third-order valence-electron chi connectivity index (χ3n) is 2.48. The number of hydrogen-bond acceptors (Lipinski definition) is 2. The highest BCUT2D eigenvalue weighted by atomic mass is 79.9. The molecule has 0 atom stereocenters. The zero-order valence-corrected chi connectivity index (χ0v) is 12.5. The van der Waals surface area contributed by atoms with Crippen LogP contribution < -0.4 is 4.74 Å². The molecule has 0 unspecified atom stereocenters. The van der Waals surface area contributed by atoms with E-state index in [-0.39, 0.29) is 0 Å². The standard InChI is InChI=1S/C14H13BrClNO/c1-9(16)6-7-18-13-8-10(2)17-14-11(13)4-3-5-12(14)15/h3-6,8H,7H2,1-2H3. The summed E-state index contributed by atoms with van der Waals surface area (Å²) in [5.74, 6) is 0.827. The van der Waals surface area contributed by atoms with Crippen LogP contribution in [0.25, 0.3) is 10.9 Å². The smallest absolute Gasteiger partial charge is 0.131 e. The monoisotopic (exact) mass is 325 g/mol. The van der Waals surface area contributed by atoms with Gasteiger partial charge in [-0.15, -0.1) is 0 Å². The quantitative estimate of drug-likeness (QED) is 0.806. The van der Waals surface area contributed by atoms with Gasteiger partial charge in [-0.05, 0) is 48.0 Å². The van der Waals surface area contributed by atoms with Crippen molar-refractivity contribution in [1.82, 2.24) is 4.98 Å². The molecule has 4 heteroatoms. The van der Waals surface area contributed by atoms with E-state index in [4.69, 9.17) is 16.3 Å². The molecule has 1 aromatic heterocycles. The number of benzene rings is 1. The molecular weight excluding hydrogens is 314 g/mol. The highest BCUT2D eigenvalue weighted by Crippen LogP contribution is 2.30. The van der Waals surface area contributed by atoms with E-state index in [0.29, 0.717) is 6.61 Å². The summed E-state index contributed by atoms with van der Waals surface area (Å²) in [5, 5.41) is 1.72. The fraction of sp³-hybridized carbons (Fsp3) is 0.214. The Balaban J connectivity index is 2.43. The third-order valence-corrected chi connectivity index (χ3v) is 3.28. The maximum atomic E-state index is 5.78. The Morgan fingerprint density at radius 1 is 1.50 bits per heavy atom. The van der Waals surface area contributed by atoms with Crippen molar-refractivity contribution in [2.24, 2.45) is 0 Å². The number of ether oxygens (including phenoxy) is 1. The molecule has 2 nitrogen and oxygen atoms in total. The average molecular weight is 327 g/mol. The second kappa shape index (κ2) is 5.72. The summed E-state index contributed by atoms with van der Waals surface area (Å²) in [7, 11) is 0. The lowest BCUT2D eigenvalue weighted by Crippen LogP contribution is -1.97. The molecule has 0 N–H and O–H groups in total. The first kappa shape index (κ1) is 13.4. The maximum absolute atomic E-state index is 5.78. The van der Waals surface area contributed by atoms with E-state index in [2.05, 4.69) is 20.9 Å². The highest BCUT2D eigenvalue weighted by molar-refractivity contribution is 9.10. The van der Waals surface area contributed by atoms with E-state index in [1.807, 2.05) is 44.2 Å². The first-order valence-corrected chi connectivity index (χ1v) is 6.76. The Hall–Kier alpha value is -1.06. The average Bonchev–Trinajstić information content (AvgIpc) is 2.30. The molecule has 0 aliphatic carbocycles. The molecule has 0 aliphatic rings. The van der Waals surface area contributed by atoms with Gasteiger partial charge in [0.25, 0.3) is 0 Å². The number of aromatic nitrogens is 1. The van der Waals surface area contributed by atoms with E-state index in [0.717, 1.165) is 31.9 Å². The molecule has 1 aromatic carbocycles. The van der Waals surface area contributed by atoms with Gasteiger partial charge in [0.05, 0.1) is 5.52 Å². The number of nitrogens with zero attached hydrogens (tertiary/aromatic N) is 1. The summed E-state index contributed by atoms with van der Waals surface area (Å²) >= 11 is 9.29. The number of rotatable bonds is 3. The van der Waals surface area contributed by atoms with Gasteiger partial charge in [0.1, 0.15) is 12.4 Å². The van der Waals surface area contributed by atoms with Gasteiger partial charge in [-0.25, -0.2) is 0 Å². The number of aryl methyl sites for hydroxylation is 1. The van der Waals surface area contributed by atoms with Gasteiger partial charge < -0.3 is 4.74 Å². The molecule has 0 saturated carbocycles. The van der Waals surface area contributed by atoms with Crippen molar-refractivity contribution in [2.45, 2.75) is 13.8 Å². The predicted octanol–water partition coefficient (Wildman–Crippen LogP) is 4.83. The van der Waals surface area contributed by atoms with Crippen molar-refractivity contribution in [3.05, 3.63) is 45.5 Å². The van der Waals surface area contributed by atoms with Gasteiger partial charge >= 0.3 is 0 Å². The van der Waals surface area contributed by atoms with Crippen LogP contribution in [0.1, 0.15) is 12.6 Å². The van der Waals surface area contributed by atoms with Crippen molar-refractivity contribution >= 4 is 38.4 Å². The van der Waals surface area contributed by atoms with Crippen molar-refractivity contribution in [3.8, 4) is 5.75 Å². The van der Waals surface area contributed by atoms with Crippen LogP contribution >= 0.6 is 27.5 Å². The van der Waals surface area contributed by atoms with Gasteiger partial charge in [-0.1, -0.05) is 17.7 Å². The van der Waals surface area contributed by atoms with Crippen molar-refractivity contribution in [3.63, 3.8) is 0 Å². The van der Waals surface area contributed by atoms with Gasteiger partial charge in [0.15, 0.2) is 0 Å². The molecule has 94 valence electrons. The Labute approximate surface area is 120 Å². The van der Waals surface area contributed by atoms with E-state index < -0.39 is 0 Å². The van der Waals surface area contributed by atoms with Crippen molar-refractivity contribution in [2.75, 3.05) is 6.61 Å². The molecular formula is C14H13BrClNO. The summed E-state index contributed by atoms with van der Waals surface area (Å²) in [6, 6.07) is 7.88. The summed E-state index contributed by atoms with van der Waals surface area (Å²) in [6.07, 6.45) is 1.83. The zero-order chi connectivity index (χ0) is 13.1. The van der Waals surface area contributed by atoms with Crippen LogP contribution in [-0.4, -0.2) is 11.6 Å². The van der Waals surface area contributed by atoms with Crippen LogP contribution in [0.2, 0.25) is 0 Å². The molecule has 0 spiro atoms. The van der Waals surface area contributed by atoms with Crippen LogP contribution in [-0.2, 0) is 0 Å². The minimum Gasteiger partial charge on any atom is -0.489 e. The minimum atomic E-state index is 0.459.